The Hall–Kier alpha value is -8.52. The van der Waals surface area contributed by atoms with E-state index in [9.17, 15) is 0 Å². The summed E-state index contributed by atoms with van der Waals surface area (Å²) in [6, 6.07) is 71.2. The third-order valence-corrected chi connectivity index (χ3v) is 13.1. The van der Waals surface area contributed by atoms with Crippen molar-refractivity contribution in [3.05, 3.63) is 219 Å². The van der Waals surface area contributed by atoms with Gasteiger partial charge in [-0.1, -0.05) is 164 Å². The average molecular weight is 849 g/mol. The predicted molar refractivity (Wildman–Crippen MR) is 267 cm³/mol. The fourth-order valence-electron chi connectivity index (χ4n) is 8.60. The van der Waals surface area contributed by atoms with Gasteiger partial charge in [0, 0.05) is 55.7 Å². The Morgan fingerprint density at radius 3 is 1.46 bits per heavy atom. The molecule has 0 aliphatic rings. The second-order valence-electron chi connectivity index (χ2n) is 15.9. The Balaban J connectivity index is 0.985. The van der Waals surface area contributed by atoms with Crippen LogP contribution in [0.5, 0.6) is 0 Å². The molecule has 5 heterocycles. The molecule has 0 aliphatic heterocycles. The summed E-state index contributed by atoms with van der Waals surface area (Å²) < 4.78 is 1.14. The van der Waals surface area contributed by atoms with Crippen LogP contribution < -0.4 is 0 Å². The van der Waals surface area contributed by atoms with Gasteiger partial charge in [-0.2, -0.15) is 0 Å². The van der Waals surface area contributed by atoms with Gasteiger partial charge in [-0.25, -0.2) is 19.9 Å². The molecule has 0 amide bonds. The van der Waals surface area contributed by atoms with E-state index in [2.05, 4.69) is 146 Å². The summed E-state index contributed by atoms with van der Waals surface area (Å²) in [6.07, 6.45) is 3.71. The topological polar surface area (TPSA) is 77.3 Å². The minimum Gasteiger partial charge on any atom is -0.256 e. The van der Waals surface area contributed by atoms with Crippen molar-refractivity contribution in [2.24, 2.45) is 0 Å². The first-order chi connectivity index (χ1) is 32.2. The normalized spacial score (nSPS) is 11.4. The van der Waals surface area contributed by atoms with E-state index in [1.165, 1.54) is 10.8 Å². The zero-order valence-corrected chi connectivity index (χ0v) is 35.7. The maximum Gasteiger partial charge on any atom is 0.164 e. The maximum absolute atomic E-state index is 5.48. The first kappa shape index (κ1) is 38.2. The van der Waals surface area contributed by atoms with Crippen LogP contribution in [0.1, 0.15) is 0 Å². The van der Waals surface area contributed by atoms with Crippen LogP contribution in [0, 0.1) is 0 Å². The summed E-state index contributed by atoms with van der Waals surface area (Å²) >= 11 is 1.75. The van der Waals surface area contributed by atoms with Gasteiger partial charge in [-0.05, 0) is 75.5 Å². The zero-order chi connectivity index (χ0) is 43.1. The monoisotopic (exact) mass is 848 g/mol. The highest BCUT2D eigenvalue weighted by molar-refractivity contribution is 7.24. The minimum atomic E-state index is 0.612. The van der Waals surface area contributed by atoms with Gasteiger partial charge in [0.15, 0.2) is 17.5 Å². The van der Waals surface area contributed by atoms with Crippen LogP contribution >= 0.6 is 11.3 Å². The Kier molecular flexibility index (Phi) is 9.58. The fourth-order valence-corrected chi connectivity index (χ4v) is 9.91. The minimum absolute atomic E-state index is 0.612. The summed E-state index contributed by atoms with van der Waals surface area (Å²) in [6.45, 7) is 0. The third-order valence-electron chi connectivity index (χ3n) is 11.9. The molecule has 0 aliphatic carbocycles. The number of hydrogen-bond donors (Lipinski definition) is 0. The molecule has 0 fully saturated rings. The van der Waals surface area contributed by atoms with Crippen LogP contribution in [0.4, 0.5) is 0 Å². The van der Waals surface area contributed by atoms with Crippen molar-refractivity contribution in [3.63, 3.8) is 0 Å². The van der Waals surface area contributed by atoms with Gasteiger partial charge in [-0.15, -0.1) is 11.3 Å². The largest absolute Gasteiger partial charge is 0.256 e. The number of nitrogens with zero attached hydrogens (tertiary/aromatic N) is 6. The van der Waals surface area contributed by atoms with Crippen LogP contribution in [0.25, 0.3) is 121 Å². The van der Waals surface area contributed by atoms with Crippen molar-refractivity contribution in [3.8, 4) is 89.5 Å². The highest BCUT2D eigenvalue weighted by Crippen LogP contribution is 2.49. The Bertz CT molecular complexity index is 3670. The predicted octanol–water partition coefficient (Wildman–Crippen LogP) is 14.9. The number of benzene rings is 7. The molecule has 304 valence electrons. The second kappa shape index (κ2) is 16.3. The summed E-state index contributed by atoms with van der Waals surface area (Å²) in [7, 11) is 0. The molecule has 12 rings (SSSR count). The number of thiophene rings is 1. The second-order valence-corrected chi connectivity index (χ2v) is 16.9. The molecular formula is C58H36N6S. The van der Waals surface area contributed by atoms with Crippen LogP contribution in [0.3, 0.4) is 0 Å². The lowest BCUT2D eigenvalue weighted by atomic mass is 9.96. The Labute approximate surface area is 379 Å². The number of rotatable bonds is 8. The molecule has 0 bridgehead atoms. The quantitative estimate of drug-likeness (QED) is 0.152. The first-order valence-corrected chi connectivity index (χ1v) is 22.3. The van der Waals surface area contributed by atoms with E-state index in [1.54, 1.807) is 11.3 Å². The number of aromatic nitrogens is 6. The van der Waals surface area contributed by atoms with E-state index < -0.39 is 0 Å². The molecule has 6 nitrogen and oxygen atoms in total. The number of fused-ring (bicyclic) bond motifs is 4. The van der Waals surface area contributed by atoms with Gasteiger partial charge >= 0.3 is 0 Å². The molecule has 65 heavy (non-hydrogen) atoms. The van der Waals surface area contributed by atoms with E-state index in [0.717, 1.165) is 93.0 Å². The van der Waals surface area contributed by atoms with E-state index >= 15 is 0 Å². The molecule has 0 unspecified atom stereocenters. The van der Waals surface area contributed by atoms with Gasteiger partial charge in [0.25, 0.3) is 0 Å². The highest BCUT2D eigenvalue weighted by atomic mass is 32.1. The highest BCUT2D eigenvalue weighted by Gasteiger charge is 2.24. The van der Waals surface area contributed by atoms with Crippen molar-refractivity contribution < 1.29 is 0 Å². The molecule has 7 heteroatoms. The lowest BCUT2D eigenvalue weighted by molar-refractivity contribution is 1.07. The smallest absolute Gasteiger partial charge is 0.164 e. The molecule has 0 spiro atoms. The van der Waals surface area contributed by atoms with Crippen molar-refractivity contribution in [2.75, 3.05) is 0 Å². The standard InChI is InChI=1S/C58H36N6S/c1-3-13-37(14-4-1)39-21-26-42(27-22-39)57-62-56(41-16-5-2-6-17-41)63-58(64-57)43-28-23-40(24-29-43)45-31-32-48-47(36-45)54-52(53(61-48)46-30-25-38-15-7-8-18-44(38)35-46)51(49-19-9-11-33-59-49)55(65-54)50-20-10-12-34-60-50/h1-36H. The van der Waals surface area contributed by atoms with Gasteiger partial charge in [0.1, 0.15) is 0 Å². The summed E-state index contributed by atoms with van der Waals surface area (Å²) in [5.74, 6) is 1.86. The first-order valence-electron chi connectivity index (χ1n) is 21.5. The molecular weight excluding hydrogens is 813 g/mol. The summed E-state index contributed by atoms with van der Waals surface area (Å²) in [4.78, 5) is 31.4. The molecule has 0 atom stereocenters. The molecule has 5 aromatic heterocycles. The fraction of sp³-hybridized carbons (Fsp3) is 0. The van der Waals surface area contributed by atoms with Crippen LogP contribution in [-0.4, -0.2) is 29.9 Å². The summed E-state index contributed by atoms with van der Waals surface area (Å²) in [5.41, 5.74) is 12.9. The molecule has 0 radical (unpaired) electrons. The SMILES string of the molecule is c1ccc(-c2ccc(-c3nc(-c4ccccc4)nc(-c4ccc(-c5ccc6nc(-c7ccc8ccccc8c7)c7c(-c8ccccn8)c(-c8ccccn8)sc7c6c5)cc4)n3)cc2)cc1. The molecule has 0 saturated carbocycles. The third kappa shape index (κ3) is 7.20. The molecule has 12 aromatic rings. The van der Waals surface area contributed by atoms with Crippen molar-refractivity contribution >= 4 is 43.1 Å². The molecule has 7 aromatic carbocycles. The van der Waals surface area contributed by atoms with Crippen LogP contribution in [0.15, 0.2) is 219 Å². The van der Waals surface area contributed by atoms with E-state index in [-0.39, 0.29) is 0 Å². The van der Waals surface area contributed by atoms with Crippen LogP contribution in [-0.2, 0) is 0 Å². The lowest BCUT2D eigenvalue weighted by Crippen LogP contribution is -2.00. The van der Waals surface area contributed by atoms with E-state index in [1.807, 2.05) is 73.1 Å². The van der Waals surface area contributed by atoms with Gasteiger partial charge in [0.05, 0.1) is 27.5 Å². The van der Waals surface area contributed by atoms with Crippen molar-refractivity contribution in [2.45, 2.75) is 0 Å². The molecule has 0 N–H and O–H groups in total. The van der Waals surface area contributed by atoms with Gasteiger partial charge in [0.2, 0.25) is 0 Å². The Morgan fingerprint density at radius 1 is 0.338 bits per heavy atom. The van der Waals surface area contributed by atoms with Gasteiger partial charge in [-0.3, -0.25) is 9.97 Å². The molecule has 0 saturated heterocycles. The number of pyridine rings is 3. The van der Waals surface area contributed by atoms with Crippen molar-refractivity contribution in [1.29, 1.82) is 0 Å². The lowest BCUT2D eigenvalue weighted by Gasteiger charge is -2.12. The van der Waals surface area contributed by atoms with E-state index in [4.69, 9.17) is 29.9 Å². The van der Waals surface area contributed by atoms with E-state index in [0.29, 0.717) is 17.5 Å². The average Bonchev–Trinajstić information content (AvgIpc) is 3.80. The van der Waals surface area contributed by atoms with Crippen LogP contribution in [0.2, 0.25) is 0 Å². The van der Waals surface area contributed by atoms with Gasteiger partial charge < -0.3 is 0 Å². The Morgan fingerprint density at radius 2 is 0.831 bits per heavy atom. The van der Waals surface area contributed by atoms with Crippen molar-refractivity contribution in [1.82, 2.24) is 29.9 Å². The summed E-state index contributed by atoms with van der Waals surface area (Å²) in [5, 5.41) is 4.50. The zero-order valence-electron chi connectivity index (χ0n) is 34.9. The number of hydrogen-bond acceptors (Lipinski definition) is 7. The maximum atomic E-state index is 5.48.